The van der Waals surface area contributed by atoms with E-state index in [9.17, 15) is 4.79 Å². The summed E-state index contributed by atoms with van der Waals surface area (Å²) in [5.41, 5.74) is 7.02. The molecule has 0 saturated heterocycles. The third-order valence-electron chi connectivity index (χ3n) is 6.89. The Morgan fingerprint density at radius 2 is 1.82 bits per heavy atom. The van der Waals surface area contributed by atoms with E-state index in [1.54, 1.807) is 48.3 Å². The first-order chi connectivity index (χ1) is 18.7. The fourth-order valence-corrected chi connectivity index (χ4v) is 5.22. The first-order valence-corrected chi connectivity index (χ1v) is 12.8. The molecule has 0 aliphatic carbocycles. The van der Waals surface area contributed by atoms with Crippen LogP contribution in [-0.2, 0) is 14.1 Å². The summed E-state index contributed by atoms with van der Waals surface area (Å²) in [5.74, 6) is 0.464. The van der Waals surface area contributed by atoms with Gasteiger partial charge in [-0.05, 0) is 62.2 Å². The molecule has 0 amide bonds. The van der Waals surface area contributed by atoms with E-state index in [2.05, 4.69) is 31.4 Å². The second-order valence-corrected chi connectivity index (χ2v) is 10.1. The van der Waals surface area contributed by atoms with Crippen LogP contribution in [0.25, 0.3) is 39.3 Å². The molecule has 196 valence electrons. The Morgan fingerprint density at radius 1 is 1.00 bits per heavy atom. The average Bonchev–Trinajstić information content (AvgIpc) is 3.55. The molecule has 1 N–H and O–H groups in total. The van der Waals surface area contributed by atoms with Crippen LogP contribution in [0.2, 0.25) is 5.15 Å². The lowest BCUT2D eigenvalue weighted by molar-refractivity contribution is 0.767. The maximum absolute atomic E-state index is 13.7. The van der Waals surface area contributed by atoms with Crippen molar-refractivity contribution >= 4 is 33.8 Å². The zero-order chi connectivity index (χ0) is 27.4. The Balaban J connectivity index is 1.56. The lowest BCUT2D eigenvalue weighted by Crippen LogP contribution is -2.21. The second kappa shape index (κ2) is 9.32. The molecule has 6 rings (SSSR count). The van der Waals surface area contributed by atoms with E-state index in [4.69, 9.17) is 16.6 Å². The van der Waals surface area contributed by atoms with Gasteiger partial charge in [-0.2, -0.15) is 0 Å². The van der Waals surface area contributed by atoms with Gasteiger partial charge in [-0.3, -0.25) is 23.4 Å². The van der Waals surface area contributed by atoms with Crippen molar-refractivity contribution in [2.45, 2.75) is 26.8 Å². The van der Waals surface area contributed by atoms with Crippen LogP contribution in [0.5, 0.6) is 0 Å². The van der Waals surface area contributed by atoms with Gasteiger partial charge in [0.2, 0.25) is 5.82 Å². The number of aromatic nitrogens is 8. The van der Waals surface area contributed by atoms with Gasteiger partial charge >= 0.3 is 0 Å². The molecule has 1 aromatic carbocycles. The highest BCUT2D eigenvalue weighted by Crippen LogP contribution is 2.33. The van der Waals surface area contributed by atoms with Crippen LogP contribution in [0.1, 0.15) is 29.8 Å². The minimum Gasteiger partial charge on any atom is -0.377 e. The minimum absolute atomic E-state index is 0.0931. The van der Waals surface area contributed by atoms with Crippen molar-refractivity contribution in [1.82, 2.24) is 38.7 Å². The highest BCUT2D eigenvalue weighted by molar-refractivity contribution is 6.29. The number of hydrogen-bond donors (Lipinski definition) is 1. The van der Waals surface area contributed by atoms with E-state index in [-0.39, 0.29) is 11.6 Å². The number of nitrogens with one attached hydrogen (secondary N) is 1. The fourth-order valence-electron chi connectivity index (χ4n) is 5.08. The molecule has 6 aromatic rings. The number of fused-ring (bicyclic) bond motifs is 3. The summed E-state index contributed by atoms with van der Waals surface area (Å²) >= 11 is 6.23. The van der Waals surface area contributed by atoms with E-state index < -0.39 is 0 Å². The van der Waals surface area contributed by atoms with Crippen molar-refractivity contribution in [2.75, 3.05) is 5.32 Å². The Bertz CT molecular complexity index is 1950. The molecule has 0 radical (unpaired) electrons. The van der Waals surface area contributed by atoms with Crippen molar-refractivity contribution in [3.05, 3.63) is 87.6 Å². The van der Waals surface area contributed by atoms with E-state index >= 15 is 0 Å². The number of halogens is 1. The smallest absolute Gasteiger partial charge is 0.261 e. The topological polar surface area (TPSA) is 108 Å². The number of anilines is 1. The molecule has 0 saturated carbocycles. The van der Waals surface area contributed by atoms with Crippen LogP contribution in [0, 0.1) is 13.8 Å². The van der Waals surface area contributed by atoms with Gasteiger partial charge in [-0.25, -0.2) is 15.0 Å². The molecule has 11 heteroatoms. The molecule has 0 aliphatic rings. The molecule has 1 atom stereocenters. The molecule has 0 aliphatic heterocycles. The summed E-state index contributed by atoms with van der Waals surface area (Å²) in [5, 5.41) is 8.93. The summed E-state index contributed by atoms with van der Waals surface area (Å²) in [6, 6.07) is 11.2. The van der Waals surface area contributed by atoms with Crippen LogP contribution in [0.3, 0.4) is 0 Å². The number of rotatable bonds is 5. The van der Waals surface area contributed by atoms with Gasteiger partial charge in [0.05, 0.1) is 22.6 Å². The number of pyridine rings is 2. The van der Waals surface area contributed by atoms with Crippen LogP contribution in [0.15, 0.2) is 60.0 Å². The van der Waals surface area contributed by atoms with Crippen LogP contribution in [0.4, 0.5) is 5.69 Å². The summed E-state index contributed by atoms with van der Waals surface area (Å²) in [6.45, 7) is 5.98. The first-order valence-electron chi connectivity index (χ1n) is 12.4. The van der Waals surface area contributed by atoms with E-state index in [1.807, 2.05) is 49.4 Å². The molecule has 5 aromatic heterocycles. The molecule has 10 nitrogen and oxygen atoms in total. The highest BCUT2D eigenvalue weighted by atomic mass is 35.5. The summed E-state index contributed by atoms with van der Waals surface area (Å²) in [4.78, 5) is 31.7. The normalized spacial score (nSPS) is 12.4. The number of aryl methyl sites for hydroxylation is 4. The van der Waals surface area contributed by atoms with Gasteiger partial charge in [-0.1, -0.05) is 17.7 Å². The zero-order valence-corrected chi connectivity index (χ0v) is 22.9. The minimum atomic E-state index is -0.223. The van der Waals surface area contributed by atoms with Crippen molar-refractivity contribution in [3.8, 4) is 22.8 Å². The molecule has 1 unspecified atom stereocenters. The maximum Gasteiger partial charge on any atom is 0.261 e. The lowest BCUT2D eigenvalue weighted by Gasteiger charge is -2.21. The van der Waals surface area contributed by atoms with Gasteiger partial charge in [0, 0.05) is 31.5 Å². The number of benzene rings is 1. The summed E-state index contributed by atoms with van der Waals surface area (Å²) in [6.07, 6.45) is 5.14. The van der Waals surface area contributed by atoms with Crippen LogP contribution < -0.4 is 10.9 Å². The molecule has 0 fully saturated rings. The van der Waals surface area contributed by atoms with Gasteiger partial charge in [-0.15, -0.1) is 5.10 Å². The van der Waals surface area contributed by atoms with Gasteiger partial charge in [0.1, 0.15) is 34.8 Å². The average molecular weight is 540 g/mol. The zero-order valence-electron chi connectivity index (χ0n) is 22.1. The van der Waals surface area contributed by atoms with Crippen molar-refractivity contribution in [3.63, 3.8) is 0 Å². The quantitative estimate of drug-likeness (QED) is 0.311. The fraction of sp³-hybridized carbons (Fsp3) is 0.214. The van der Waals surface area contributed by atoms with Crippen LogP contribution >= 0.6 is 11.6 Å². The van der Waals surface area contributed by atoms with E-state index in [0.29, 0.717) is 33.4 Å². The number of imidazole rings is 1. The SMILES string of the molecule is Cc1cc(C(C)Nc2ccc(Cl)nc2-c2ncn(C)n2)c2c(c1)c(=O)n(C)c1c(-c3cccnc3C)ncn21. The predicted molar refractivity (Wildman–Crippen MR) is 152 cm³/mol. The molecular weight excluding hydrogens is 514 g/mol. The Morgan fingerprint density at radius 3 is 2.56 bits per heavy atom. The largest absolute Gasteiger partial charge is 0.377 e. The predicted octanol–water partition coefficient (Wildman–Crippen LogP) is 4.88. The second-order valence-electron chi connectivity index (χ2n) is 9.68. The van der Waals surface area contributed by atoms with Crippen molar-refractivity contribution in [2.24, 2.45) is 14.1 Å². The first kappa shape index (κ1) is 24.7. The number of nitrogens with zero attached hydrogens (tertiary/aromatic N) is 8. The molecule has 39 heavy (non-hydrogen) atoms. The molecule has 5 heterocycles. The Hall–Kier alpha value is -4.57. The third kappa shape index (κ3) is 4.13. The lowest BCUT2D eigenvalue weighted by atomic mass is 10.0. The van der Waals surface area contributed by atoms with Gasteiger partial charge in [0.25, 0.3) is 5.56 Å². The summed E-state index contributed by atoms with van der Waals surface area (Å²) < 4.78 is 5.27. The monoisotopic (exact) mass is 539 g/mol. The van der Waals surface area contributed by atoms with Gasteiger partial charge < -0.3 is 5.32 Å². The Kier molecular flexibility index (Phi) is 5.91. The standard InChI is InChI=1S/C28H26ClN9O/c1-15-11-19(17(3)33-21-8-9-22(29)34-24(21)26-32-13-36(4)35-26)25-20(12-15)28(39)37(5)27-23(31-14-38(25)27)18-7-6-10-30-16(18)2/h6-14,17,33H,1-5H3. The van der Waals surface area contributed by atoms with Crippen molar-refractivity contribution < 1.29 is 0 Å². The van der Waals surface area contributed by atoms with Crippen molar-refractivity contribution in [1.29, 1.82) is 0 Å². The van der Waals surface area contributed by atoms with E-state index in [0.717, 1.165) is 33.6 Å². The Labute approximate surface area is 229 Å². The third-order valence-corrected chi connectivity index (χ3v) is 7.10. The molecule has 0 spiro atoms. The van der Waals surface area contributed by atoms with Gasteiger partial charge in [0.15, 0.2) is 0 Å². The van der Waals surface area contributed by atoms with Crippen LogP contribution in [-0.4, -0.2) is 38.7 Å². The highest BCUT2D eigenvalue weighted by Gasteiger charge is 2.22. The van der Waals surface area contributed by atoms with E-state index in [1.165, 1.54) is 0 Å². The molecule has 0 bridgehead atoms. The summed E-state index contributed by atoms with van der Waals surface area (Å²) in [7, 11) is 3.58. The maximum atomic E-state index is 13.7. The molecular formula is C28H26ClN9O. The number of hydrogen-bond acceptors (Lipinski definition) is 7.